The van der Waals surface area contributed by atoms with Crippen LogP contribution in [0.4, 0.5) is 16.4 Å². The number of hydrogen-bond acceptors (Lipinski definition) is 7. The summed E-state index contributed by atoms with van der Waals surface area (Å²) in [5, 5.41) is 6.83. The first-order valence-electron chi connectivity index (χ1n) is 11.0. The van der Waals surface area contributed by atoms with E-state index in [0.717, 1.165) is 42.0 Å². The molecule has 0 saturated heterocycles. The molecule has 5 rings (SSSR count). The van der Waals surface area contributed by atoms with Crippen LogP contribution in [0.5, 0.6) is 0 Å². The number of anilines is 2. The van der Waals surface area contributed by atoms with Gasteiger partial charge in [-0.3, -0.25) is 0 Å². The second-order valence-corrected chi connectivity index (χ2v) is 8.24. The largest absolute Gasteiger partial charge is 0.449 e. The number of carbonyl (C=O) groups is 1. The van der Waals surface area contributed by atoms with E-state index in [1.54, 1.807) is 11.2 Å². The standard InChI is InChI=1S/C23H27N7O2/c1-16-12-24-15-30(16)8-4-10-32-23(31)29-9-7-20-18(14-29)13-25-22(27-20)28-21-11-17-5-2-3-6-19(17)26-21/h2-3,5-6,12-13,15,21,26H,4,7-11,14H2,1H3,(H,25,27,28). The van der Waals surface area contributed by atoms with Gasteiger partial charge in [0.15, 0.2) is 0 Å². The van der Waals surface area contributed by atoms with Crippen molar-refractivity contribution in [1.29, 1.82) is 0 Å². The van der Waals surface area contributed by atoms with Gasteiger partial charge in [-0.15, -0.1) is 0 Å². The first-order valence-corrected chi connectivity index (χ1v) is 11.0. The Morgan fingerprint density at radius 3 is 3.03 bits per heavy atom. The Hall–Kier alpha value is -3.62. The first-order chi connectivity index (χ1) is 15.7. The van der Waals surface area contributed by atoms with Crippen molar-refractivity contribution in [2.75, 3.05) is 23.8 Å². The van der Waals surface area contributed by atoms with Crippen molar-refractivity contribution in [3.8, 4) is 0 Å². The van der Waals surface area contributed by atoms with E-state index in [4.69, 9.17) is 9.72 Å². The monoisotopic (exact) mass is 433 g/mol. The number of aryl methyl sites for hydroxylation is 2. The Bertz CT molecular complexity index is 1090. The van der Waals surface area contributed by atoms with Crippen LogP contribution in [-0.4, -0.2) is 49.8 Å². The van der Waals surface area contributed by atoms with E-state index in [-0.39, 0.29) is 12.3 Å². The molecule has 2 N–H and O–H groups in total. The lowest BCUT2D eigenvalue weighted by Crippen LogP contribution is -2.37. The fourth-order valence-corrected chi connectivity index (χ4v) is 4.19. The highest BCUT2D eigenvalue weighted by Crippen LogP contribution is 2.26. The van der Waals surface area contributed by atoms with Crippen LogP contribution in [-0.2, 0) is 30.7 Å². The molecule has 2 aliphatic rings. The molecule has 2 aliphatic heterocycles. The van der Waals surface area contributed by atoms with E-state index < -0.39 is 0 Å². The molecular weight excluding hydrogens is 406 g/mol. The van der Waals surface area contributed by atoms with Crippen LogP contribution in [0.15, 0.2) is 43.0 Å². The molecule has 3 aromatic rings. The summed E-state index contributed by atoms with van der Waals surface area (Å²) in [5.74, 6) is 0.611. The second kappa shape index (κ2) is 8.86. The Balaban J connectivity index is 1.11. The van der Waals surface area contributed by atoms with Gasteiger partial charge in [0.05, 0.1) is 25.2 Å². The molecule has 0 bridgehead atoms. The summed E-state index contributed by atoms with van der Waals surface area (Å²) in [4.78, 5) is 27.5. The van der Waals surface area contributed by atoms with Crippen molar-refractivity contribution in [3.05, 3.63) is 65.5 Å². The Kier molecular flexibility index (Phi) is 5.62. The topological polar surface area (TPSA) is 97.2 Å². The van der Waals surface area contributed by atoms with Gasteiger partial charge in [-0.25, -0.2) is 19.7 Å². The van der Waals surface area contributed by atoms with Gasteiger partial charge < -0.3 is 24.8 Å². The van der Waals surface area contributed by atoms with Gasteiger partial charge in [0.2, 0.25) is 5.95 Å². The number of hydrogen-bond donors (Lipinski definition) is 2. The second-order valence-electron chi connectivity index (χ2n) is 8.24. The maximum Gasteiger partial charge on any atom is 0.410 e. The maximum absolute atomic E-state index is 12.5. The molecule has 0 aliphatic carbocycles. The van der Waals surface area contributed by atoms with Crippen LogP contribution in [0, 0.1) is 6.92 Å². The number of para-hydroxylation sites is 1. The third-order valence-electron chi connectivity index (χ3n) is 5.96. The molecule has 2 aromatic heterocycles. The number of nitrogens with zero attached hydrogens (tertiary/aromatic N) is 5. The first kappa shape index (κ1) is 20.3. The average Bonchev–Trinajstić information content (AvgIpc) is 3.41. The van der Waals surface area contributed by atoms with Crippen molar-refractivity contribution in [3.63, 3.8) is 0 Å². The number of rotatable bonds is 6. The number of carbonyl (C=O) groups excluding carboxylic acids is 1. The Morgan fingerprint density at radius 1 is 1.28 bits per heavy atom. The summed E-state index contributed by atoms with van der Waals surface area (Å²) in [6.45, 7) is 4.25. The van der Waals surface area contributed by atoms with Gasteiger partial charge in [0.1, 0.15) is 6.17 Å². The zero-order valence-corrected chi connectivity index (χ0v) is 18.1. The van der Waals surface area contributed by atoms with Gasteiger partial charge >= 0.3 is 6.09 Å². The van der Waals surface area contributed by atoms with Crippen molar-refractivity contribution in [2.45, 2.75) is 45.4 Å². The number of aromatic nitrogens is 4. The van der Waals surface area contributed by atoms with Crippen LogP contribution in [0.3, 0.4) is 0 Å². The summed E-state index contributed by atoms with van der Waals surface area (Å²) < 4.78 is 7.52. The molecular formula is C23H27N7O2. The van der Waals surface area contributed by atoms with Gasteiger partial charge in [0, 0.05) is 55.3 Å². The summed E-state index contributed by atoms with van der Waals surface area (Å²) in [6.07, 6.45) is 7.55. The smallest absolute Gasteiger partial charge is 0.410 e. The lowest BCUT2D eigenvalue weighted by Gasteiger charge is -2.27. The molecule has 1 aromatic carbocycles. The van der Waals surface area contributed by atoms with Crippen molar-refractivity contribution in [1.82, 2.24) is 24.4 Å². The number of imidazole rings is 1. The van der Waals surface area contributed by atoms with Crippen LogP contribution >= 0.6 is 0 Å². The number of ether oxygens (including phenoxy) is 1. The maximum atomic E-state index is 12.5. The van der Waals surface area contributed by atoms with E-state index in [2.05, 4.69) is 38.8 Å². The van der Waals surface area contributed by atoms with Gasteiger partial charge in [-0.1, -0.05) is 18.2 Å². The molecule has 1 atom stereocenters. The van der Waals surface area contributed by atoms with Gasteiger partial charge in [-0.2, -0.15) is 0 Å². The van der Waals surface area contributed by atoms with Crippen molar-refractivity contribution >= 4 is 17.7 Å². The number of benzene rings is 1. The van der Waals surface area contributed by atoms with Crippen LogP contribution < -0.4 is 10.6 Å². The van der Waals surface area contributed by atoms with Gasteiger partial charge in [0.25, 0.3) is 0 Å². The fourth-order valence-electron chi connectivity index (χ4n) is 4.19. The number of amides is 1. The SMILES string of the molecule is Cc1cncn1CCCOC(=O)N1CCc2nc(NC3Cc4ccccc4N3)ncc2C1. The Labute approximate surface area is 186 Å². The van der Waals surface area contributed by atoms with Crippen LogP contribution in [0.2, 0.25) is 0 Å². The normalized spacial score (nSPS) is 16.8. The zero-order chi connectivity index (χ0) is 21.9. The zero-order valence-electron chi connectivity index (χ0n) is 18.1. The summed E-state index contributed by atoms with van der Waals surface area (Å²) in [7, 11) is 0. The number of fused-ring (bicyclic) bond motifs is 2. The van der Waals surface area contributed by atoms with E-state index in [9.17, 15) is 4.79 Å². The molecule has 0 radical (unpaired) electrons. The molecule has 9 nitrogen and oxygen atoms in total. The summed E-state index contributed by atoms with van der Waals surface area (Å²) in [5.41, 5.74) is 5.49. The summed E-state index contributed by atoms with van der Waals surface area (Å²) in [6, 6.07) is 8.29. The molecule has 4 heterocycles. The molecule has 0 fully saturated rings. The lowest BCUT2D eigenvalue weighted by molar-refractivity contribution is 0.0954. The quantitative estimate of drug-likeness (QED) is 0.577. The molecule has 0 saturated carbocycles. The highest BCUT2D eigenvalue weighted by Gasteiger charge is 2.25. The highest BCUT2D eigenvalue weighted by molar-refractivity contribution is 5.68. The molecule has 0 spiro atoms. The highest BCUT2D eigenvalue weighted by atomic mass is 16.6. The molecule has 1 amide bonds. The third kappa shape index (κ3) is 4.37. The number of nitrogens with one attached hydrogen (secondary N) is 2. The minimum atomic E-state index is -0.284. The predicted octanol–water partition coefficient (Wildman–Crippen LogP) is 2.97. The van der Waals surface area contributed by atoms with Crippen LogP contribution in [0.25, 0.3) is 0 Å². The molecule has 9 heteroatoms. The molecule has 32 heavy (non-hydrogen) atoms. The van der Waals surface area contributed by atoms with Crippen molar-refractivity contribution in [2.24, 2.45) is 0 Å². The fraction of sp³-hybridized carbons (Fsp3) is 0.391. The van der Waals surface area contributed by atoms with E-state index in [1.807, 2.05) is 30.0 Å². The third-order valence-corrected chi connectivity index (χ3v) is 5.96. The predicted molar refractivity (Wildman–Crippen MR) is 120 cm³/mol. The molecule has 166 valence electrons. The minimum Gasteiger partial charge on any atom is -0.449 e. The average molecular weight is 434 g/mol. The van der Waals surface area contributed by atoms with Gasteiger partial charge in [-0.05, 0) is 25.0 Å². The lowest BCUT2D eigenvalue weighted by atomic mass is 10.1. The van der Waals surface area contributed by atoms with E-state index in [0.29, 0.717) is 32.1 Å². The molecule has 1 unspecified atom stereocenters. The Morgan fingerprint density at radius 2 is 2.19 bits per heavy atom. The van der Waals surface area contributed by atoms with Crippen molar-refractivity contribution < 1.29 is 9.53 Å². The van der Waals surface area contributed by atoms with E-state index >= 15 is 0 Å². The summed E-state index contributed by atoms with van der Waals surface area (Å²) >= 11 is 0. The van der Waals surface area contributed by atoms with E-state index in [1.165, 1.54) is 5.56 Å². The minimum absolute atomic E-state index is 0.0756. The van der Waals surface area contributed by atoms with Crippen LogP contribution in [0.1, 0.15) is 28.9 Å².